The van der Waals surface area contributed by atoms with Crippen molar-refractivity contribution in [3.05, 3.63) is 71.9 Å². The highest BCUT2D eigenvalue weighted by Crippen LogP contribution is 2.31. The molecule has 0 spiro atoms. The van der Waals surface area contributed by atoms with Crippen LogP contribution in [0.25, 0.3) is 11.1 Å². The highest BCUT2D eigenvalue weighted by Gasteiger charge is 2.34. The van der Waals surface area contributed by atoms with E-state index in [-0.39, 0.29) is 18.0 Å². The molecule has 168 valence electrons. The van der Waals surface area contributed by atoms with Gasteiger partial charge in [-0.1, -0.05) is 60.7 Å². The van der Waals surface area contributed by atoms with Crippen LogP contribution in [0.4, 0.5) is 10.6 Å². The fourth-order valence-electron chi connectivity index (χ4n) is 4.54. The number of urea groups is 1. The van der Waals surface area contributed by atoms with E-state index in [1.807, 2.05) is 50.4 Å². The van der Waals surface area contributed by atoms with E-state index in [1.165, 1.54) is 5.56 Å². The SMILES string of the molecule is COCCN1C[C@@H](NC(=O)Nc2c(-c3ccccc3)c(C)nn2C)[C@H](c2ccccc2)C1. The third kappa shape index (κ3) is 4.84. The Bertz CT molecular complexity index is 1040. The van der Waals surface area contributed by atoms with Gasteiger partial charge in [0.15, 0.2) is 0 Å². The lowest BCUT2D eigenvalue weighted by Gasteiger charge is -2.21. The molecule has 1 aliphatic heterocycles. The fourth-order valence-corrected chi connectivity index (χ4v) is 4.54. The molecule has 1 fully saturated rings. The number of likely N-dealkylation sites (tertiary alicyclic amines) is 1. The number of amides is 2. The van der Waals surface area contributed by atoms with Gasteiger partial charge >= 0.3 is 6.03 Å². The van der Waals surface area contributed by atoms with Gasteiger partial charge in [-0.25, -0.2) is 4.79 Å². The summed E-state index contributed by atoms with van der Waals surface area (Å²) in [6, 6.07) is 20.2. The van der Waals surface area contributed by atoms with Crippen molar-refractivity contribution >= 4 is 11.8 Å². The van der Waals surface area contributed by atoms with Gasteiger partial charge in [-0.2, -0.15) is 5.10 Å². The molecule has 0 aliphatic carbocycles. The molecule has 2 heterocycles. The molecule has 3 aromatic rings. The standard InChI is InChI=1S/C25H31N5O2/c1-18-23(20-12-8-5-9-13-20)24(29(2)28-18)27-25(31)26-22-17-30(14-15-32-3)16-21(22)19-10-6-4-7-11-19/h4-13,21-22H,14-17H2,1-3H3,(H2,26,27,31)/t21-,22+/m0/s1. The highest BCUT2D eigenvalue weighted by molar-refractivity contribution is 5.94. The topological polar surface area (TPSA) is 71.4 Å². The molecule has 0 unspecified atom stereocenters. The van der Waals surface area contributed by atoms with Gasteiger partial charge in [0.25, 0.3) is 0 Å². The number of methoxy groups -OCH3 is 1. The van der Waals surface area contributed by atoms with E-state index in [4.69, 9.17) is 4.74 Å². The molecule has 2 atom stereocenters. The number of rotatable bonds is 7. The summed E-state index contributed by atoms with van der Waals surface area (Å²) >= 11 is 0. The summed E-state index contributed by atoms with van der Waals surface area (Å²) in [4.78, 5) is 15.4. The molecule has 7 nitrogen and oxygen atoms in total. The maximum Gasteiger partial charge on any atom is 0.320 e. The molecular weight excluding hydrogens is 402 g/mol. The zero-order chi connectivity index (χ0) is 22.5. The Morgan fingerprint density at radius 2 is 1.78 bits per heavy atom. The lowest BCUT2D eigenvalue weighted by atomic mass is 9.94. The number of carbonyl (C=O) groups excluding carboxylic acids is 1. The molecule has 32 heavy (non-hydrogen) atoms. The molecule has 2 N–H and O–H groups in total. The van der Waals surface area contributed by atoms with Crippen molar-refractivity contribution < 1.29 is 9.53 Å². The van der Waals surface area contributed by atoms with Crippen LogP contribution < -0.4 is 10.6 Å². The predicted molar refractivity (Wildman–Crippen MR) is 127 cm³/mol. The Hall–Kier alpha value is -3.16. The fraction of sp³-hybridized carbons (Fsp3) is 0.360. The Labute approximate surface area is 189 Å². The molecule has 1 aromatic heterocycles. The number of benzene rings is 2. The minimum atomic E-state index is -0.218. The number of nitrogens with one attached hydrogen (secondary N) is 2. The van der Waals surface area contributed by atoms with Crippen molar-refractivity contribution in [3.63, 3.8) is 0 Å². The van der Waals surface area contributed by atoms with E-state index in [9.17, 15) is 4.79 Å². The molecule has 4 rings (SSSR count). The normalized spacial score (nSPS) is 18.6. The van der Waals surface area contributed by atoms with Crippen LogP contribution in [0, 0.1) is 6.92 Å². The van der Waals surface area contributed by atoms with E-state index in [0.717, 1.165) is 36.5 Å². The number of ether oxygens (including phenoxy) is 1. The number of nitrogens with zero attached hydrogens (tertiary/aromatic N) is 3. The van der Waals surface area contributed by atoms with Crippen LogP contribution in [-0.4, -0.2) is 60.1 Å². The number of aromatic nitrogens is 2. The number of carbonyl (C=O) groups is 1. The molecule has 1 aliphatic rings. The quantitative estimate of drug-likeness (QED) is 0.597. The van der Waals surface area contributed by atoms with Crippen LogP contribution in [0.5, 0.6) is 0 Å². The first-order valence-electron chi connectivity index (χ1n) is 11.0. The lowest BCUT2D eigenvalue weighted by Crippen LogP contribution is -2.42. The average molecular weight is 434 g/mol. The zero-order valence-electron chi connectivity index (χ0n) is 18.9. The third-order valence-electron chi connectivity index (χ3n) is 6.07. The predicted octanol–water partition coefficient (Wildman–Crippen LogP) is 3.63. The minimum Gasteiger partial charge on any atom is -0.383 e. The maximum absolute atomic E-state index is 13.1. The first kappa shape index (κ1) is 22.0. The van der Waals surface area contributed by atoms with Gasteiger partial charge in [0.05, 0.1) is 18.3 Å². The van der Waals surface area contributed by atoms with Gasteiger partial charge in [-0.3, -0.25) is 14.9 Å². The molecular formula is C25H31N5O2. The van der Waals surface area contributed by atoms with Crippen molar-refractivity contribution in [2.75, 3.05) is 38.7 Å². The molecule has 2 aromatic carbocycles. The lowest BCUT2D eigenvalue weighted by molar-refractivity contribution is 0.159. The molecule has 0 saturated carbocycles. The Morgan fingerprint density at radius 1 is 1.09 bits per heavy atom. The second-order valence-electron chi connectivity index (χ2n) is 8.27. The van der Waals surface area contributed by atoms with Crippen LogP contribution in [0.2, 0.25) is 0 Å². The molecule has 2 amide bonds. The van der Waals surface area contributed by atoms with Crippen molar-refractivity contribution in [1.82, 2.24) is 20.0 Å². The van der Waals surface area contributed by atoms with Crippen LogP contribution >= 0.6 is 0 Å². The van der Waals surface area contributed by atoms with Crippen LogP contribution in [0.1, 0.15) is 17.2 Å². The van der Waals surface area contributed by atoms with Crippen LogP contribution in [0.15, 0.2) is 60.7 Å². The summed E-state index contributed by atoms with van der Waals surface area (Å²) in [5.74, 6) is 0.914. The van der Waals surface area contributed by atoms with Gasteiger partial charge in [0, 0.05) is 45.3 Å². The minimum absolute atomic E-state index is 0.00348. The summed E-state index contributed by atoms with van der Waals surface area (Å²) in [6.07, 6.45) is 0. The van der Waals surface area contributed by atoms with Crippen molar-refractivity contribution in [2.45, 2.75) is 18.9 Å². The number of hydrogen-bond donors (Lipinski definition) is 2. The van der Waals surface area contributed by atoms with Gasteiger partial charge in [-0.15, -0.1) is 0 Å². The van der Waals surface area contributed by atoms with E-state index in [1.54, 1.807) is 11.8 Å². The number of anilines is 1. The largest absolute Gasteiger partial charge is 0.383 e. The van der Waals surface area contributed by atoms with Gasteiger partial charge in [0.2, 0.25) is 0 Å². The molecule has 0 bridgehead atoms. The van der Waals surface area contributed by atoms with Crippen LogP contribution in [0.3, 0.4) is 0 Å². The van der Waals surface area contributed by atoms with E-state index >= 15 is 0 Å². The summed E-state index contributed by atoms with van der Waals surface area (Å²) in [5, 5.41) is 10.8. The van der Waals surface area contributed by atoms with Crippen LogP contribution in [-0.2, 0) is 11.8 Å². The average Bonchev–Trinajstić information content (AvgIpc) is 3.33. The zero-order valence-corrected chi connectivity index (χ0v) is 18.9. The first-order chi connectivity index (χ1) is 15.6. The monoisotopic (exact) mass is 433 g/mol. The first-order valence-corrected chi connectivity index (χ1v) is 11.0. The molecule has 0 radical (unpaired) electrons. The van der Waals surface area contributed by atoms with E-state index in [0.29, 0.717) is 12.4 Å². The third-order valence-corrected chi connectivity index (χ3v) is 6.07. The maximum atomic E-state index is 13.1. The summed E-state index contributed by atoms with van der Waals surface area (Å²) in [5.41, 5.74) is 4.08. The highest BCUT2D eigenvalue weighted by atomic mass is 16.5. The Kier molecular flexibility index (Phi) is 6.87. The summed E-state index contributed by atoms with van der Waals surface area (Å²) < 4.78 is 6.99. The van der Waals surface area contributed by atoms with Gasteiger partial charge in [-0.05, 0) is 18.1 Å². The Morgan fingerprint density at radius 3 is 2.47 bits per heavy atom. The summed E-state index contributed by atoms with van der Waals surface area (Å²) in [7, 11) is 3.57. The second kappa shape index (κ2) is 9.97. The van der Waals surface area contributed by atoms with Gasteiger partial charge < -0.3 is 10.1 Å². The van der Waals surface area contributed by atoms with E-state index in [2.05, 4.69) is 44.9 Å². The van der Waals surface area contributed by atoms with Crippen molar-refractivity contribution in [1.29, 1.82) is 0 Å². The second-order valence-corrected chi connectivity index (χ2v) is 8.27. The summed E-state index contributed by atoms with van der Waals surface area (Å²) in [6.45, 7) is 5.15. The number of aryl methyl sites for hydroxylation is 2. The van der Waals surface area contributed by atoms with Crippen molar-refractivity contribution in [3.8, 4) is 11.1 Å². The van der Waals surface area contributed by atoms with E-state index < -0.39 is 0 Å². The van der Waals surface area contributed by atoms with Gasteiger partial charge in [0.1, 0.15) is 5.82 Å². The number of hydrogen-bond acceptors (Lipinski definition) is 4. The van der Waals surface area contributed by atoms with Crippen molar-refractivity contribution in [2.24, 2.45) is 7.05 Å². The Balaban J connectivity index is 1.52. The smallest absolute Gasteiger partial charge is 0.320 e. The molecule has 7 heteroatoms. The molecule has 1 saturated heterocycles.